The van der Waals surface area contributed by atoms with E-state index in [1.54, 1.807) is 19.1 Å². The van der Waals surface area contributed by atoms with Gasteiger partial charge in [-0.1, -0.05) is 12.1 Å². The average molecular weight is 267 g/mol. The number of aryl methyl sites for hydroxylation is 2. The monoisotopic (exact) mass is 267 g/mol. The first-order valence-corrected chi connectivity index (χ1v) is 6.24. The third kappa shape index (κ3) is 2.14. The Morgan fingerprint density at radius 1 is 1.20 bits per heavy atom. The van der Waals surface area contributed by atoms with Crippen molar-refractivity contribution in [3.05, 3.63) is 64.1 Å². The normalized spacial score (nSPS) is 11.5. The quantitative estimate of drug-likeness (QED) is 0.670. The Morgan fingerprint density at radius 3 is 2.75 bits per heavy atom. The number of furan rings is 1. The summed E-state index contributed by atoms with van der Waals surface area (Å²) in [5.41, 5.74) is 0.489. The smallest absolute Gasteiger partial charge is 0.282 e. The summed E-state index contributed by atoms with van der Waals surface area (Å²) in [6.07, 6.45) is 1.51. The zero-order valence-corrected chi connectivity index (χ0v) is 11.2. The van der Waals surface area contributed by atoms with Crippen molar-refractivity contribution in [2.45, 2.75) is 13.8 Å². The van der Waals surface area contributed by atoms with Gasteiger partial charge in [-0.05, 0) is 38.1 Å². The number of nitrogens with zero attached hydrogens (tertiary/aromatic N) is 3. The molecule has 5 nitrogen and oxygen atoms in total. The van der Waals surface area contributed by atoms with E-state index in [1.165, 1.54) is 10.9 Å². The van der Waals surface area contributed by atoms with Gasteiger partial charge in [0.1, 0.15) is 17.3 Å². The second-order valence-electron chi connectivity index (χ2n) is 4.49. The van der Waals surface area contributed by atoms with Crippen LogP contribution in [0.2, 0.25) is 0 Å². The van der Waals surface area contributed by atoms with E-state index >= 15 is 0 Å². The van der Waals surface area contributed by atoms with E-state index < -0.39 is 0 Å². The lowest BCUT2D eigenvalue weighted by Gasteiger charge is -2.04. The molecule has 0 unspecified atom stereocenters. The lowest BCUT2D eigenvalue weighted by Crippen LogP contribution is -2.20. The first kappa shape index (κ1) is 12.3. The Hall–Kier alpha value is -2.69. The van der Waals surface area contributed by atoms with Gasteiger partial charge in [0, 0.05) is 0 Å². The molecule has 1 aromatic carbocycles. The summed E-state index contributed by atoms with van der Waals surface area (Å²) in [6, 6.07) is 10.9. The average Bonchev–Trinajstić information content (AvgIpc) is 2.84. The number of rotatable bonds is 2. The summed E-state index contributed by atoms with van der Waals surface area (Å²) < 4.78 is 6.67. The zero-order valence-electron chi connectivity index (χ0n) is 11.2. The molecule has 3 rings (SSSR count). The summed E-state index contributed by atoms with van der Waals surface area (Å²) in [4.78, 5) is 16.7. The lowest BCUT2D eigenvalue weighted by atomic mass is 10.2. The van der Waals surface area contributed by atoms with E-state index in [4.69, 9.17) is 4.42 Å². The van der Waals surface area contributed by atoms with Crippen molar-refractivity contribution in [2.75, 3.05) is 0 Å². The van der Waals surface area contributed by atoms with Crippen LogP contribution in [0, 0.1) is 13.8 Å². The van der Waals surface area contributed by atoms with Gasteiger partial charge in [-0.15, -0.1) is 0 Å². The molecule has 2 heterocycles. The summed E-state index contributed by atoms with van der Waals surface area (Å²) >= 11 is 0. The second-order valence-corrected chi connectivity index (χ2v) is 4.49. The molecule has 0 bridgehead atoms. The van der Waals surface area contributed by atoms with Crippen molar-refractivity contribution in [2.24, 2.45) is 5.10 Å². The molecule has 0 saturated heterocycles. The van der Waals surface area contributed by atoms with Gasteiger partial charge in [0.05, 0.1) is 17.1 Å². The molecule has 0 saturated carbocycles. The van der Waals surface area contributed by atoms with E-state index in [-0.39, 0.29) is 5.56 Å². The maximum Gasteiger partial charge on any atom is 0.282 e. The molecule has 0 amide bonds. The molecule has 0 aliphatic rings. The van der Waals surface area contributed by atoms with E-state index in [9.17, 15) is 4.79 Å². The lowest BCUT2D eigenvalue weighted by molar-refractivity contribution is 0.527. The van der Waals surface area contributed by atoms with E-state index in [0.717, 1.165) is 5.76 Å². The molecule has 0 fully saturated rings. The number of aromatic nitrogens is 2. The van der Waals surface area contributed by atoms with Gasteiger partial charge in [0.2, 0.25) is 0 Å². The Morgan fingerprint density at radius 2 is 2.00 bits per heavy atom. The molecule has 0 N–H and O–H groups in total. The van der Waals surface area contributed by atoms with Crippen molar-refractivity contribution in [3.63, 3.8) is 0 Å². The second kappa shape index (κ2) is 4.77. The minimum Gasteiger partial charge on any atom is -0.460 e. The van der Waals surface area contributed by atoms with Crippen LogP contribution in [0.4, 0.5) is 0 Å². The molecule has 0 atom stereocenters. The van der Waals surface area contributed by atoms with Crippen LogP contribution in [0.3, 0.4) is 0 Å². The topological polar surface area (TPSA) is 60.4 Å². The number of hydrogen-bond acceptors (Lipinski definition) is 4. The predicted octanol–water partition coefficient (Wildman–Crippen LogP) is 2.49. The van der Waals surface area contributed by atoms with Crippen LogP contribution in [0.15, 0.2) is 50.7 Å². The molecule has 2 aromatic heterocycles. The van der Waals surface area contributed by atoms with E-state index in [2.05, 4.69) is 10.1 Å². The third-order valence-corrected chi connectivity index (χ3v) is 2.98. The van der Waals surface area contributed by atoms with Gasteiger partial charge < -0.3 is 4.42 Å². The van der Waals surface area contributed by atoms with Crippen molar-refractivity contribution < 1.29 is 4.42 Å². The highest BCUT2D eigenvalue weighted by Crippen LogP contribution is 2.08. The van der Waals surface area contributed by atoms with Gasteiger partial charge in [0.25, 0.3) is 5.56 Å². The van der Waals surface area contributed by atoms with Gasteiger partial charge >= 0.3 is 0 Å². The Kier molecular flexibility index (Phi) is 2.95. The first-order chi connectivity index (χ1) is 9.65. The van der Waals surface area contributed by atoms with Crippen molar-refractivity contribution in [1.29, 1.82) is 0 Å². The summed E-state index contributed by atoms with van der Waals surface area (Å²) in [5, 5.41) is 4.71. The van der Waals surface area contributed by atoms with Crippen LogP contribution in [-0.2, 0) is 0 Å². The number of para-hydroxylation sites is 1. The molecule has 0 aliphatic heterocycles. The van der Waals surface area contributed by atoms with Crippen molar-refractivity contribution in [1.82, 2.24) is 9.66 Å². The highest BCUT2D eigenvalue weighted by molar-refractivity contribution is 5.78. The molecule has 20 heavy (non-hydrogen) atoms. The zero-order chi connectivity index (χ0) is 14.1. The molecular formula is C15H13N3O2. The SMILES string of the molecule is Cc1ccc(C=Nn2c(C)nc3ccccc3c2=O)o1. The van der Waals surface area contributed by atoms with Crippen molar-refractivity contribution in [3.8, 4) is 0 Å². The molecule has 0 spiro atoms. The molecule has 100 valence electrons. The molecule has 5 heteroatoms. The number of benzene rings is 1. The first-order valence-electron chi connectivity index (χ1n) is 6.24. The summed E-state index contributed by atoms with van der Waals surface area (Å²) in [5.74, 6) is 1.93. The highest BCUT2D eigenvalue weighted by Gasteiger charge is 2.06. The highest BCUT2D eigenvalue weighted by atomic mass is 16.3. The number of hydrogen-bond donors (Lipinski definition) is 0. The van der Waals surface area contributed by atoms with Crippen LogP contribution in [0.1, 0.15) is 17.3 Å². The molecular weight excluding hydrogens is 254 g/mol. The largest absolute Gasteiger partial charge is 0.460 e. The van der Waals surface area contributed by atoms with Crippen LogP contribution in [0.25, 0.3) is 10.9 Å². The maximum atomic E-state index is 12.4. The molecule has 3 aromatic rings. The summed E-state index contributed by atoms with van der Waals surface area (Å²) in [7, 11) is 0. The fraction of sp³-hybridized carbons (Fsp3) is 0.133. The predicted molar refractivity (Wildman–Crippen MR) is 77.2 cm³/mol. The van der Waals surface area contributed by atoms with Crippen LogP contribution in [0.5, 0.6) is 0 Å². The van der Waals surface area contributed by atoms with Crippen molar-refractivity contribution >= 4 is 17.1 Å². The van der Waals surface area contributed by atoms with Crippen LogP contribution >= 0.6 is 0 Å². The maximum absolute atomic E-state index is 12.4. The standard InChI is InChI=1S/C15H13N3O2/c1-10-7-8-12(20-10)9-16-18-11(2)17-14-6-4-3-5-13(14)15(18)19/h3-9H,1-2H3. The summed E-state index contributed by atoms with van der Waals surface area (Å²) in [6.45, 7) is 3.60. The van der Waals surface area contributed by atoms with Gasteiger partial charge in [-0.2, -0.15) is 9.78 Å². The minimum absolute atomic E-state index is 0.187. The third-order valence-electron chi connectivity index (χ3n) is 2.98. The fourth-order valence-electron chi connectivity index (χ4n) is 2.01. The number of fused-ring (bicyclic) bond motifs is 1. The molecule has 0 aliphatic carbocycles. The van der Waals surface area contributed by atoms with E-state index in [0.29, 0.717) is 22.5 Å². The van der Waals surface area contributed by atoms with Gasteiger partial charge in [0.15, 0.2) is 0 Å². The molecule has 0 radical (unpaired) electrons. The minimum atomic E-state index is -0.187. The van der Waals surface area contributed by atoms with Gasteiger partial charge in [-0.3, -0.25) is 4.79 Å². The van der Waals surface area contributed by atoms with E-state index in [1.807, 2.05) is 31.2 Å². The Labute approximate surface area is 115 Å². The van der Waals surface area contributed by atoms with Crippen LogP contribution in [-0.4, -0.2) is 15.9 Å². The van der Waals surface area contributed by atoms with Gasteiger partial charge in [-0.25, -0.2) is 4.98 Å². The Balaban J connectivity index is 2.12. The fourth-order valence-corrected chi connectivity index (χ4v) is 2.01. The van der Waals surface area contributed by atoms with Crippen LogP contribution < -0.4 is 5.56 Å². The Bertz CT molecular complexity index is 859.